The van der Waals surface area contributed by atoms with Crippen LogP contribution in [-0.4, -0.2) is 20.2 Å². The fourth-order valence-electron chi connectivity index (χ4n) is 3.05. The van der Waals surface area contributed by atoms with Gasteiger partial charge >= 0.3 is 0 Å². The summed E-state index contributed by atoms with van der Waals surface area (Å²) < 4.78 is 5.22. The lowest BCUT2D eigenvalue weighted by atomic mass is 9.82. The SMILES string of the molecule is COc1ccc(C(CN)C2CNc3ccccc32)cc1. The van der Waals surface area contributed by atoms with Crippen LogP contribution in [0.2, 0.25) is 0 Å². The molecule has 2 aromatic carbocycles. The largest absolute Gasteiger partial charge is 0.497 e. The average molecular weight is 268 g/mol. The molecule has 0 saturated heterocycles. The highest BCUT2D eigenvalue weighted by Gasteiger charge is 2.29. The summed E-state index contributed by atoms with van der Waals surface area (Å²) in [5.41, 5.74) is 9.94. The number of ether oxygens (including phenoxy) is 1. The number of anilines is 1. The summed E-state index contributed by atoms with van der Waals surface area (Å²) in [5.74, 6) is 1.65. The van der Waals surface area contributed by atoms with E-state index in [1.54, 1.807) is 7.11 Å². The molecule has 1 aliphatic rings. The highest BCUT2D eigenvalue weighted by molar-refractivity contribution is 5.58. The summed E-state index contributed by atoms with van der Waals surface area (Å²) in [6.07, 6.45) is 0. The Hall–Kier alpha value is -2.00. The molecular weight excluding hydrogens is 248 g/mol. The first-order valence-corrected chi connectivity index (χ1v) is 7.00. The third-order valence-corrected chi connectivity index (χ3v) is 4.16. The molecule has 2 atom stereocenters. The van der Waals surface area contributed by atoms with Crippen LogP contribution in [0.25, 0.3) is 0 Å². The zero-order valence-electron chi connectivity index (χ0n) is 11.7. The third kappa shape index (κ3) is 2.25. The zero-order chi connectivity index (χ0) is 13.9. The van der Waals surface area contributed by atoms with E-state index < -0.39 is 0 Å². The van der Waals surface area contributed by atoms with Gasteiger partial charge in [0, 0.05) is 24.1 Å². The van der Waals surface area contributed by atoms with Gasteiger partial charge in [0.15, 0.2) is 0 Å². The van der Waals surface area contributed by atoms with Gasteiger partial charge in [-0.15, -0.1) is 0 Å². The maximum absolute atomic E-state index is 6.05. The summed E-state index contributed by atoms with van der Waals surface area (Å²) in [6.45, 7) is 1.60. The van der Waals surface area contributed by atoms with Crippen LogP contribution in [-0.2, 0) is 0 Å². The minimum absolute atomic E-state index is 0.331. The van der Waals surface area contributed by atoms with Gasteiger partial charge in [0.1, 0.15) is 5.75 Å². The standard InChI is InChI=1S/C17H20N2O/c1-20-13-8-6-12(7-9-13)15(10-18)16-11-19-17-5-3-2-4-14(16)17/h2-9,15-16,19H,10-11,18H2,1H3. The Morgan fingerprint density at radius 3 is 2.65 bits per heavy atom. The van der Waals surface area contributed by atoms with Crippen molar-refractivity contribution in [2.75, 3.05) is 25.5 Å². The van der Waals surface area contributed by atoms with Crippen molar-refractivity contribution >= 4 is 5.69 Å². The van der Waals surface area contributed by atoms with E-state index in [2.05, 4.69) is 41.7 Å². The monoisotopic (exact) mass is 268 g/mol. The Bertz CT molecular complexity index is 580. The molecule has 0 amide bonds. The second-order valence-electron chi connectivity index (χ2n) is 5.19. The van der Waals surface area contributed by atoms with Gasteiger partial charge in [0.25, 0.3) is 0 Å². The molecule has 0 aliphatic carbocycles. The summed E-state index contributed by atoms with van der Waals surface area (Å²) in [4.78, 5) is 0. The molecular formula is C17H20N2O. The van der Waals surface area contributed by atoms with Crippen molar-refractivity contribution in [3.05, 3.63) is 59.7 Å². The number of benzene rings is 2. The number of nitrogens with two attached hydrogens (primary N) is 1. The lowest BCUT2D eigenvalue weighted by Crippen LogP contribution is -2.21. The van der Waals surface area contributed by atoms with Crippen molar-refractivity contribution in [2.24, 2.45) is 5.73 Å². The Kier molecular flexibility index (Phi) is 3.61. The first kappa shape index (κ1) is 13.0. The van der Waals surface area contributed by atoms with Crippen molar-refractivity contribution in [1.82, 2.24) is 0 Å². The van der Waals surface area contributed by atoms with Crippen LogP contribution >= 0.6 is 0 Å². The van der Waals surface area contributed by atoms with Crippen molar-refractivity contribution in [3.63, 3.8) is 0 Å². The first-order chi connectivity index (χ1) is 9.83. The van der Waals surface area contributed by atoms with Gasteiger partial charge in [-0.25, -0.2) is 0 Å². The van der Waals surface area contributed by atoms with Gasteiger partial charge in [-0.1, -0.05) is 30.3 Å². The van der Waals surface area contributed by atoms with E-state index in [9.17, 15) is 0 Å². The maximum Gasteiger partial charge on any atom is 0.118 e. The van der Waals surface area contributed by atoms with Crippen LogP contribution in [0, 0.1) is 0 Å². The fraction of sp³-hybridized carbons (Fsp3) is 0.294. The Morgan fingerprint density at radius 1 is 1.20 bits per heavy atom. The average Bonchev–Trinajstić information content (AvgIpc) is 2.93. The van der Waals surface area contributed by atoms with Gasteiger partial charge in [-0.2, -0.15) is 0 Å². The number of hydrogen-bond acceptors (Lipinski definition) is 3. The Morgan fingerprint density at radius 2 is 1.95 bits per heavy atom. The quantitative estimate of drug-likeness (QED) is 0.896. The lowest BCUT2D eigenvalue weighted by molar-refractivity contribution is 0.414. The van der Waals surface area contributed by atoms with E-state index >= 15 is 0 Å². The van der Waals surface area contributed by atoms with E-state index in [0.29, 0.717) is 18.4 Å². The minimum atomic E-state index is 0.331. The Labute approximate surface area is 119 Å². The van der Waals surface area contributed by atoms with Crippen molar-refractivity contribution in [3.8, 4) is 5.75 Å². The second kappa shape index (κ2) is 5.55. The van der Waals surface area contributed by atoms with Gasteiger partial charge in [-0.05, 0) is 35.9 Å². The molecule has 0 radical (unpaired) electrons. The second-order valence-corrected chi connectivity index (χ2v) is 5.19. The number of rotatable bonds is 4. The van der Waals surface area contributed by atoms with E-state index in [-0.39, 0.29) is 0 Å². The summed E-state index contributed by atoms with van der Waals surface area (Å²) in [6, 6.07) is 16.8. The number of hydrogen-bond donors (Lipinski definition) is 2. The summed E-state index contributed by atoms with van der Waals surface area (Å²) in [7, 11) is 1.69. The summed E-state index contributed by atoms with van der Waals surface area (Å²) in [5, 5.41) is 3.48. The van der Waals surface area contributed by atoms with E-state index in [0.717, 1.165) is 12.3 Å². The molecule has 0 bridgehead atoms. The molecule has 3 nitrogen and oxygen atoms in total. The minimum Gasteiger partial charge on any atom is -0.497 e. The van der Waals surface area contributed by atoms with Crippen LogP contribution in [0.4, 0.5) is 5.69 Å². The van der Waals surface area contributed by atoms with Crippen molar-refractivity contribution in [1.29, 1.82) is 0 Å². The normalized spacial score (nSPS) is 18.2. The smallest absolute Gasteiger partial charge is 0.118 e. The molecule has 0 aromatic heterocycles. The molecule has 2 aromatic rings. The van der Waals surface area contributed by atoms with Gasteiger partial charge in [0.2, 0.25) is 0 Å². The molecule has 0 spiro atoms. The number of methoxy groups -OCH3 is 1. The van der Waals surface area contributed by atoms with E-state index in [1.165, 1.54) is 16.8 Å². The molecule has 3 rings (SSSR count). The molecule has 0 fully saturated rings. The topological polar surface area (TPSA) is 47.3 Å². The molecule has 104 valence electrons. The fourth-order valence-corrected chi connectivity index (χ4v) is 3.05. The predicted molar refractivity (Wildman–Crippen MR) is 82.5 cm³/mol. The Balaban J connectivity index is 1.90. The van der Waals surface area contributed by atoms with Crippen molar-refractivity contribution < 1.29 is 4.74 Å². The maximum atomic E-state index is 6.05. The van der Waals surface area contributed by atoms with Gasteiger partial charge in [-0.3, -0.25) is 0 Å². The molecule has 1 aliphatic heterocycles. The van der Waals surface area contributed by atoms with Crippen molar-refractivity contribution in [2.45, 2.75) is 11.8 Å². The van der Waals surface area contributed by atoms with Crippen LogP contribution in [0.3, 0.4) is 0 Å². The zero-order valence-corrected chi connectivity index (χ0v) is 11.7. The van der Waals surface area contributed by atoms with E-state index in [1.807, 2.05) is 12.1 Å². The van der Waals surface area contributed by atoms with E-state index in [4.69, 9.17) is 10.5 Å². The number of fused-ring (bicyclic) bond motifs is 1. The number of nitrogens with one attached hydrogen (secondary N) is 1. The highest BCUT2D eigenvalue weighted by Crippen LogP contribution is 2.40. The third-order valence-electron chi connectivity index (χ3n) is 4.16. The number of para-hydroxylation sites is 1. The van der Waals surface area contributed by atoms with Crippen LogP contribution in [0.1, 0.15) is 23.0 Å². The first-order valence-electron chi connectivity index (χ1n) is 7.00. The van der Waals surface area contributed by atoms with Gasteiger partial charge < -0.3 is 15.8 Å². The molecule has 3 heteroatoms. The molecule has 3 N–H and O–H groups in total. The molecule has 1 heterocycles. The van der Waals surface area contributed by atoms with Crippen LogP contribution in [0.5, 0.6) is 5.75 Å². The van der Waals surface area contributed by atoms with Crippen LogP contribution in [0.15, 0.2) is 48.5 Å². The predicted octanol–water partition coefficient (Wildman–Crippen LogP) is 2.95. The van der Waals surface area contributed by atoms with Crippen LogP contribution < -0.4 is 15.8 Å². The van der Waals surface area contributed by atoms with Gasteiger partial charge in [0.05, 0.1) is 7.11 Å². The molecule has 2 unspecified atom stereocenters. The molecule has 20 heavy (non-hydrogen) atoms. The summed E-state index contributed by atoms with van der Waals surface area (Å²) >= 11 is 0. The highest BCUT2D eigenvalue weighted by atomic mass is 16.5. The molecule has 0 saturated carbocycles. The lowest BCUT2D eigenvalue weighted by Gasteiger charge is -2.23.